The van der Waals surface area contributed by atoms with Crippen LogP contribution in [0.4, 0.5) is 0 Å². The minimum Gasteiger partial charge on any atom is -0.447 e. The summed E-state index contributed by atoms with van der Waals surface area (Å²) in [7, 11) is -6.77. The molecule has 2 aliphatic rings. The van der Waals surface area contributed by atoms with Gasteiger partial charge in [-0.05, 0) is 44.4 Å². The molecule has 148 valence electrons. The number of hydrogen-bond acceptors (Lipinski definition) is 6. The maximum absolute atomic E-state index is 12.6. The molecular formula is C16H27N3O5S2. The molecule has 1 unspecified atom stereocenters. The summed E-state index contributed by atoms with van der Waals surface area (Å²) < 4.78 is 57.5. The molecule has 8 nitrogen and oxygen atoms in total. The Labute approximate surface area is 155 Å². The number of hydrogen-bond donors (Lipinski definition) is 1. The molecular weight excluding hydrogens is 378 g/mol. The molecule has 0 aromatic carbocycles. The van der Waals surface area contributed by atoms with Crippen LogP contribution in [0, 0.1) is 0 Å². The zero-order valence-electron chi connectivity index (χ0n) is 15.1. The standard InChI is InChI=1S/C16H27N3O5S2/c1-25(20,21)17-12-14-6-2-3-9-18(14)13-15-7-8-16(24-15)26(22,23)19-10-4-5-11-19/h7-8,14,17H,2-6,9-13H2,1H3. The predicted molar refractivity (Wildman–Crippen MR) is 97.6 cm³/mol. The average Bonchev–Trinajstić information content (AvgIpc) is 3.25. The van der Waals surface area contributed by atoms with E-state index >= 15 is 0 Å². The second-order valence-corrected chi connectivity index (χ2v) is 10.8. The second kappa shape index (κ2) is 7.97. The second-order valence-electron chi connectivity index (χ2n) is 7.07. The third-order valence-corrected chi connectivity index (χ3v) is 7.45. The minimum atomic E-state index is -3.55. The monoisotopic (exact) mass is 405 g/mol. The van der Waals surface area contributed by atoms with E-state index in [-0.39, 0.29) is 11.1 Å². The van der Waals surface area contributed by atoms with Crippen LogP contribution < -0.4 is 4.72 Å². The third-order valence-electron chi connectivity index (χ3n) is 4.99. The molecule has 2 aliphatic heterocycles. The van der Waals surface area contributed by atoms with Gasteiger partial charge >= 0.3 is 0 Å². The molecule has 0 radical (unpaired) electrons. The van der Waals surface area contributed by atoms with Crippen LogP contribution in [0.15, 0.2) is 21.6 Å². The minimum absolute atomic E-state index is 0.00257. The van der Waals surface area contributed by atoms with Gasteiger partial charge in [0.25, 0.3) is 10.0 Å². The Morgan fingerprint density at radius 2 is 1.77 bits per heavy atom. The summed E-state index contributed by atoms with van der Waals surface area (Å²) in [5, 5.41) is -0.00257. The zero-order valence-corrected chi connectivity index (χ0v) is 16.7. The Bertz CT molecular complexity index is 813. The van der Waals surface area contributed by atoms with E-state index in [1.807, 2.05) is 0 Å². The highest BCUT2D eigenvalue weighted by molar-refractivity contribution is 7.89. The molecule has 0 amide bonds. The number of likely N-dealkylation sites (tertiary alicyclic amines) is 1. The summed E-state index contributed by atoms with van der Waals surface area (Å²) in [6.45, 7) is 2.77. The smallest absolute Gasteiger partial charge is 0.276 e. The highest BCUT2D eigenvalue weighted by Gasteiger charge is 2.31. The number of nitrogens with one attached hydrogen (secondary N) is 1. The van der Waals surface area contributed by atoms with Crippen molar-refractivity contribution < 1.29 is 21.3 Å². The highest BCUT2D eigenvalue weighted by Crippen LogP contribution is 2.25. The largest absolute Gasteiger partial charge is 0.447 e. The van der Waals surface area contributed by atoms with E-state index in [4.69, 9.17) is 4.42 Å². The SMILES string of the molecule is CS(=O)(=O)NCC1CCCCN1Cc1ccc(S(=O)(=O)N2CCCC2)o1. The van der Waals surface area contributed by atoms with Crippen molar-refractivity contribution in [3.05, 3.63) is 17.9 Å². The van der Waals surface area contributed by atoms with E-state index < -0.39 is 20.0 Å². The summed E-state index contributed by atoms with van der Waals surface area (Å²) in [6, 6.07) is 3.32. The molecule has 1 aromatic heterocycles. The van der Waals surface area contributed by atoms with Crippen LogP contribution in [0.5, 0.6) is 0 Å². The van der Waals surface area contributed by atoms with Gasteiger partial charge < -0.3 is 4.42 Å². The molecule has 2 saturated heterocycles. The molecule has 1 aromatic rings. The molecule has 26 heavy (non-hydrogen) atoms. The zero-order chi connectivity index (χ0) is 18.8. The Morgan fingerprint density at radius 3 is 2.46 bits per heavy atom. The molecule has 0 bridgehead atoms. The summed E-state index contributed by atoms with van der Waals surface area (Å²) >= 11 is 0. The fourth-order valence-electron chi connectivity index (χ4n) is 3.58. The first-order valence-electron chi connectivity index (χ1n) is 9.03. The molecule has 0 aliphatic carbocycles. The average molecular weight is 406 g/mol. The van der Waals surface area contributed by atoms with Gasteiger partial charge in [-0.25, -0.2) is 21.6 Å². The lowest BCUT2D eigenvalue weighted by atomic mass is 10.0. The van der Waals surface area contributed by atoms with Gasteiger partial charge in [-0.15, -0.1) is 0 Å². The van der Waals surface area contributed by atoms with Crippen LogP contribution >= 0.6 is 0 Å². The van der Waals surface area contributed by atoms with Crippen molar-refractivity contribution >= 4 is 20.0 Å². The normalized spacial score (nSPS) is 23.5. The molecule has 0 saturated carbocycles. The van der Waals surface area contributed by atoms with Gasteiger partial charge in [-0.2, -0.15) is 4.31 Å². The molecule has 1 N–H and O–H groups in total. The van der Waals surface area contributed by atoms with E-state index in [0.717, 1.165) is 44.9 Å². The van der Waals surface area contributed by atoms with Crippen LogP contribution in [0.3, 0.4) is 0 Å². The van der Waals surface area contributed by atoms with E-state index in [1.54, 1.807) is 6.07 Å². The Balaban J connectivity index is 1.67. The molecule has 0 spiro atoms. The first kappa shape index (κ1) is 19.8. The number of piperidine rings is 1. The van der Waals surface area contributed by atoms with Crippen molar-refractivity contribution in [3.63, 3.8) is 0 Å². The maximum atomic E-state index is 12.6. The van der Waals surface area contributed by atoms with Crippen LogP contribution in [-0.4, -0.2) is 64.5 Å². The van der Waals surface area contributed by atoms with Crippen LogP contribution in [0.1, 0.15) is 37.9 Å². The molecule has 2 fully saturated rings. The van der Waals surface area contributed by atoms with Crippen LogP contribution in [0.25, 0.3) is 0 Å². The van der Waals surface area contributed by atoms with Crippen LogP contribution in [-0.2, 0) is 26.6 Å². The van der Waals surface area contributed by atoms with Crippen molar-refractivity contribution in [2.24, 2.45) is 0 Å². The molecule has 3 rings (SSSR count). The van der Waals surface area contributed by atoms with Gasteiger partial charge in [0.05, 0.1) is 12.8 Å². The van der Waals surface area contributed by atoms with Crippen molar-refractivity contribution in [1.82, 2.24) is 13.9 Å². The highest BCUT2D eigenvalue weighted by atomic mass is 32.2. The predicted octanol–water partition coefficient (Wildman–Crippen LogP) is 0.968. The fraction of sp³-hybridized carbons (Fsp3) is 0.750. The molecule has 3 heterocycles. The van der Waals surface area contributed by atoms with Crippen LogP contribution in [0.2, 0.25) is 0 Å². The summed E-state index contributed by atoms with van der Waals surface area (Å²) in [5.74, 6) is 0.592. The van der Waals surface area contributed by atoms with Gasteiger partial charge in [-0.1, -0.05) is 6.42 Å². The number of furan rings is 1. The Morgan fingerprint density at radius 1 is 1.08 bits per heavy atom. The number of rotatable bonds is 7. The topological polar surface area (TPSA) is 99.9 Å². The lowest BCUT2D eigenvalue weighted by Gasteiger charge is -2.35. The number of sulfonamides is 2. The summed E-state index contributed by atoms with van der Waals surface area (Å²) in [6.07, 6.45) is 5.92. The maximum Gasteiger partial charge on any atom is 0.276 e. The van der Waals surface area contributed by atoms with E-state index in [2.05, 4.69) is 9.62 Å². The van der Waals surface area contributed by atoms with Gasteiger partial charge in [0.1, 0.15) is 5.76 Å². The fourth-order valence-corrected chi connectivity index (χ4v) is 5.53. The molecule has 10 heteroatoms. The van der Waals surface area contributed by atoms with E-state index in [9.17, 15) is 16.8 Å². The number of nitrogens with zero attached hydrogens (tertiary/aromatic N) is 2. The lowest BCUT2D eigenvalue weighted by Crippen LogP contribution is -2.45. The van der Waals surface area contributed by atoms with Crippen molar-refractivity contribution in [1.29, 1.82) is 0 Å². The van der Waals surface area contributed by atoms with Gasteiger partial charge in [0.2, 0.25) is 15.1 Å². The van der Waals surface area contributed by atoms with E-state index in [1.165, 1.54) is 10.4 Å². The van der Waals surface area contributed by atoms with Crippen molar-refractivity contribution in [2.75, 3.05) is 32.4 Å². The Kier molecular flexibility index (Phi) is 6.07. The summed E-state index contributed by atoms with van der Waals surface area (Å²) in [4.78, 5) is 2.16. The van der Waals surface area contributed by atoms with Gasteiger partial charge in [0, 0.05) is 25.7 Å². The van der Waals surface area contributed by atoms with E-state index in [0.29, 0.717) is 31.9 Å². The third kappa shape index (κ3) is 4.86. The first-order valence-corrected chi connectivity index (χ1v) is 12.4. The lowest BCUT2D eigenvalue weighted by molar-refractivity contribution is 0.129. The molecule has 1 atom stereocenters. The summed E-state index contributed by atoms with van der Waals surface area (Å²) in [5.41, 5.74) is 0. The first-order chi connectivity index (χ1) is 12.3. The van der Waals surface area contributed by atoms with Gasteiger partial charge in [0.15, 0.2) is 0 Å². The van der Waals surface area contributed by atoms with Crippen molar-refractivity contribution in [2.45, 2.75) is 49.8 Å². The van der Waals surface area contributed by atoms with Crippen molar-refractivity contribution in [3.8, 4) is 0 Å². The Hall–Kier alpha value is -0.940. The quantitative estimate of drug-likeness (QED) is 0.726. The van der Waals surface area contributed by atoms with Gasteiger partial charge in [-0.3, -0.25) is 4.90 Å².